The molecule has 2 aromatic heterocycles. The lowest BCUT2D eigenvalue weighted by atomic mass is 10.1. The summed E-state index contributed by atoms with van der Waals surface area (Å²) in [7, 11) is 0. The summed E-state index contributed by atoms with van der Waals surface area (Å²) in [6, 6.07) is 12.9. The Labute approximate surface area is 174 Å². The number of ketones is 1. The van der Waals surface area contributed by atoms with Gasteiger partial charge in [-0.1, -0.05) is 29.8 Å². The van der Waals surface area contributed by atoms with Gasteiger partial charge in [0, 0.05) is 5.56 Å². The van der Waals surface area contributed by atoms with E-state index in [-0.39, 0.29) is 23.6 Å². The summed E-state index contributed by atoms with van der Waals surface area (Å²) >= 11 is 0. The molecule has 0 unspecified atom stereocenters. The highest BCUT2D eigenvalue weighted by molar-refractivity contribution is 6.46. The van der Waals surface area contributed by atoms with Crippen LogP contribution in [0.4, 0.5) is 19.1 Å². The molecular formula is C22H16F3N3O3. The minimum atomic E-state index is -4.54. The van der Waals surface area contributed by atoms with Crippen molar-refractivity contribution in [2.24, 2.45) is 0 Å². The molecule has 0 fully saturated rings. The van der Waals surface area contributed by atoms with Gasteiger partial charge in [-0.05, 0) is 37.3 Å². The third-order valence-electron chi connectivity index (χ3n) is 4.71. The molecule has 2 heterocycles. The van der Waals surface area contributed by atoms with E-state index in [9.17, 15) is 22.8 Å². The molecule has 0 spiro atoms. The van der Waals surface area contributed by atoms with E-state index in [4.69, 9.17) is 4.42 Å². The fourth-order valence-corrected chi connectivity index (χ4v) is 3.11. The normalized spacial score (nSPS) is 11.6. The number of fused-ring (bicyclic) bond motifs is 1. The molecule has 4 aromatic rings. The minimum Gasteiger partial charge on any atom is -0.467 e. The first kappa shape index (κ1) is 20.4. The van der Waals surface area contributed by atoms with Gasteiger partial charge in [0.15, 0.2) is 0 Å². The van der Waals surface area contributed by atoms with Crippen molar-refractivity contribution in [3.05, 3.63) is 83.3 Å². The molecule has 0 atom stereocenters. The summed E-state index contributed by atoms with van der Waals surface area (Å²) in [4.78, 5) is 29.1. The highest BCUT2D eigenvalue weighted by Crippen LogP contribution is 2.32. The summed E-state index contributed by atoms with van der Waals surface area (Å²) in [6.45, 7) is 1.95. The van der Waals surface area contributed by atoms with Crippen molar-refractivity contribution in [2.45, 2.75) is 19.6 Å². The first-order valence-corrected chi connectivity index (χ1v) is 9.24. The zero-order chi connectivity index (χ0) is 22.2. The van der Waals surface area contributed by atoms with Crippen molar-refractivity contribution >= 4 is 28.7 Å². The number of carbonyl (C=O) groups is 2. The van der Waals surface area contributed by atoms with Crippen LogP contribution in [-0.2, 0) is 17.5 Å². The Morgan fingerprint density at radius 1 is 1.10 bits per heavy atom. The van der Waals surface area contributed by atoms with Gasteiger partial charge in [-0.3, -0.25) is 14.9 Å². The second kappa shape index (κ2) is 7.75. The maximum atomic E-state index is 13.1. The number of hydrogen-bond acceptors (Lipinski definition) is 4. The molecule has 6 nitrogen and oxygen atoms in total. The maximum absolute atomic E-state index is 13.1. The average Bonchev–Trinajstić information content (AvgIpc) is 3.35. The molecule has 1 amide bonds. The molecule has 0 aliphatic carbocycles. The van der Waals surface area contributed by atoms with E-state index >= 15 is 0 Å². The number of amides is 1. The molecule has 0 bridgehead atoms. The van der Waals surface area contributed by atoms with Crippen LogP contribution in [-0.4, -0.2) is 21.2 Å². The molecule has 4 rings (SSSR count). The fourth-order valence-electron chi connectivity index (χ4n) is 3.11. The quantitative estimate of drug-likeness (QED) is 0.366. The zero-order valence-corrected chi connectivity index (χ0v) is 16.2. The summed E-state index contributed by atoms with van der Waals surface area (Å²) in [5, 5.41) is 2.42. The van der Waals surface area contributed by atoms with E-state index in [0.29, 0.717) is 11.3 Å². The van der Waals surface area contributed by atoms with Crippen LogP contribution in [0.3, 0.4) is 0 Å². The zero-order valence-electron chi connectivity index (χ0n) is 16.2. The van der Waals surface area contributed by atoms with Crippen LogP contribution in [0, 0.1) is 6.92 Å². The third-order valence-corrected chi connectivity index (χ3v) is 4.71. The van der Waals surface area contributed by atoms with Crippen molar-refractivity contribution in [2.75, 3.05) is 5.32 Å². The number of aromatic nitrogens is 2. The van der Waals surface area contributed by atoms with Crippen molar-refractivity contribution in [1.29, 1.82) is 0 Å². The molecule has 1 N–H and O–H groups in total. The van der Waals surface area contributed by atoms with Gasteiger partial charge >= 0.3 is 6.18 Å². The smallest absolute Gasteiger partial charge is 0.416 e. The Kier molecular flexibility index (Phi) is 5.10. The molecule has 0 saturated carbocycles. The number of imidazole rings is 1. The molecule has 9 heteroatoms. The predicted octanol–water partition coefficient (Wildman–Crippen LogP) is 4.83. The minimum absolute atomic E-state index is 0.0273. The Morgan fingerprint density at radius 2 is 1.84 bits per heavy atom. The number of furan rings is 1. The van der Waals surface area contributed by atoms with E-state index in [0.717, 1.165) is 17.7 Å². The van der Waals surface area contributed by atoms with E-state index < -0.39 is 23.4 Å². The maximum Gasteiger partial charge on any atom is 0.416 e. The first-order valence-electron chi connectivity index (χ1n) is 9.24. The summed E-state index contributed by atoms with van der Waals surface area (Å²) in [6.07, 6.45) is -3.08. The van der Waals surface area contributed by atoms with Crippen LogP contribution in [0.25, 0.3) is 11.0 Å². The van der Waals surface area contributed by atoms with Gasteiger partial charge in [0.1, 0.15) is 5.76 Å². The van der Waals surface area contributed by atoms with Crippen LogP contribution in [0.5, 0.6) is 0 Å². The van der Waals surface area contributed by atoms with Gasteiger partial charge in [-0.2, -0.15) is 13.2 Å². The number of hydrogen-bond donors (Lipinski definition) is 1. The Morgan fingerprint density at radius 3 is 2.48 bits per heavy atom. The van der Waals surface area contributed by atoms with Crippen molar-refractivity contribution in [3.63, 3.8) is 0 Å². The largest absolute Gasteiger partial charge is 0.467 e. The van der Waals surface area contributed by atoms with E-state index in [1.807, 2.05) is 6.92 Å². The molecule has 0 aliphatic heterocycles. The van der Waals surface area contributed by atoms with Crippen molar-refractivity contribution in [1.82, 2.24) is 9.55 Å². The molecule has 0 saturated heterocycles. The van der Waals surface area contributed by atoms with Gasteiger partial charge in [0.05, 0.1) is 29.4 Å². The van der Waals surface area contributed by atoms with Gasteiger partial charge in [0.25, 0.3) is 11.7 Å². The molecule has 158 valence electrons. The van der Waals surface area contributed by atoms with Crippen LogP contribution < -0.4 is 5.32 Å². The number of halogens is 3. The van der Waals surface area contributed by atoms with E-state index in [1.165, 1.54) is 29.0 Å². The molecular weight excluding hydrogens is 411 g/mol. The number of aryl methyl sites for hydroxylation is 1. The molecule has 0 radical (unpaired) electrons. The molecule has 2 aromatic carbocycles. The second-order valence-corrected chi connectivity index (χ2v) is 6.95. The fraction of sp³-hybridized carbons (Fsp3) is 0.136. The highest BCUT2D eigenvalue weighted by Gasteiger charge is 2.31. The summed E-state index contributed by atoms with van der Waals surface area (Å²) in [5.74, 6) is -1.29. The van der Waals surface area contributed by atoms with E-state index in [1.54, 1.807) is 24.3 Å². The standard InChI is InChI=1S/C22H16F3N3O3/c1-13-4-6-14(7-5-13)19(29)20(30)27-21-26-17-11-15(22(23,24)25)8-9-18(17)28(21)12-16-3-2-10-31-16/h2-11H,12H2,1H3,(H,26,27,30). The number of Topliss-reactive ketones (excluding diaryl/α,β-unsaturated/α-hetero) is 1. The van der Waals surface area contributed by atoms with Crippen LogP contribution in [0.15, 0.2) is 65.3 Å². The predicted molar refractivity (Wildman–Crippen MR) is 107 cm³/mol. The number of anilines is 1. The monoisotopic (exact) mass is 427 g/mol. The van der Waals surface area contributed by atoms with Gasteiger partial charge in [0.2, 0.25) is 5.95 Å². The number of nitrogens with one attached hydrogen (secondary N) is 1. The summed E-state index contributed by atoms with van der Waals surface area (Å²) < 4.78 is 46.1. The topological polar surface area (TPSA) is 77.1 Å². The molecule has 31 heavy (non-hydrogen) atoms. The van der Waals surface area contributed by atoms with Crippen LogP contribution in [0.1, 0.15) is 27.2 Å². The lowest BCUT2D eigenvalue weighted by Crippen LogP contribution is -2.25. The summed E-state index contributed by atoms with van der Waals surface area (Å²) in [5.41, 5.74) is 0.632. The first-order chi connectivity index (χ1) is 14.7. The SMILES string of the molecule is Cc1ccc(C(=O)C(=O)Nc2nc3cc(C(F)(F)F)ccc3n2Cc2ccco2)cc1. The van der Waals surface area contributed by atoms with Gasteiger partial charge < -0.3 is 8.98 Å². The lowest BCUT2D eigenvalue weighted by molar-refractivity contribution is -0.137. The average molecular weight is 427 g/mol. The second-order valence-electron chi connectivity index (χ2n) is 6.95. The lowest BCUT2D eigenvalue weighted by Gasteiger charge is -2.09. The van der Waals surface area contributed by atoms with E-state index in [2.05, 4.69) is 10.3 Å². The van der Waals surface area contributed by atoms with Crippen LogP contribution >= 0.6 is 0 Å². The van der Waals surface area contributed by atoms with Crippen molar-refractivity contribution < 1.29 is 27.2 Å². The van der Waals surface area contributed by atoms with Gasteiger partial charge in [-0.15, -0.1) is 0 Å². The molecule has 0 aliphatic rings. The number of alkyl halides is 3. The highest BCUT2D eigenvalue weighted by atomic mass is 19.4. The number of carbonyl (C=O) groups excluding carboxylic acids is 2. The number of rotatable bonds is 5. The Hall–Kier alpha value is -3.88. The number of benzene rings is 2. The number of nitrogens with zero attached hydrogens (tertiary/aromatic N) is 2. The Balaban J connectivity index is 1.71. The third kappa shape index (κ3) is 4.20. The van der Waals surface area contributed by atoms with Gasteiger partial charge in [-0.25, -0.2) is 4.98 Å². The van der Waals surface area contributed by atoms with Crippen LogP contribution in [0.2, 0.25) is 0 Å². The Bertz CT molecular complexity index is 1260. The van der Waals surface area contributed by atoms with Crippen molar-refractivity contribution in [3.8, 4) is 0 Å².